The van der Waals surface area contributed by atoms with Gasteiger partial charge in [-0.3, -0.25) is 0 Å². The molecule has 0 spiro atoms. The van der Waals surface area contributed by atoms with Crippen LogP contribution in [0, 0.1) is 0 Å². The maximum absolute atomic E-state index is 12.3. The monoisotopic (exact) mass is 237 g/mol. The Bertz CT molecular complexity index is 297. The molecule has 0 bridgehead atoms. The molecule has 0 saturated heterocycles. The molecule has 1 amide bonds. The Labute approximate surface area is 91.9 Å². The molecule has 6 heteroatoms. The Kier molecular flexibility index (Phi) is 3.83. The lowest BCUT2D eigenvalue weighted by atomic mass is 10.1. The fraction of sp³-hybridized carbons (Fsp3) is 0.700. The number of halogens is 3. The highest BCUT2D eigenvalue weighted by molar-refractivity contribution is 5.68. The number of rotatable bonds is 1. The van der Waals surface area contributed by atoms with Gasteiger partial charge >= 0.3 is 12.3 Å². The van der Waals surface area contributed by atoms with Crippen LogP contribution in [0.5, 0.6) is 0 Å². The second kappa shape index (κ2) is 4.76. The summed E-state index contributed by atoms with van der Waals surface area (Å²) in [6.45, 7) is 3.40. The van der Waals surface area contributed by atoms with Gasteiger partial charge in [-0.25, -0.2) is 4.79 Å². The van der Waals surface area contributed by atoms with E-state index in [-0.39, 0.29) is 25.6 Å². The van der Waals surface area contributed by atoms with Gasteiger partial charge in [0.15, 0.2) is 0 Å². The van der Waals surface area contributed by atoms with Gasteiger partial charge in [-0.15, -0.1) is 0 Å². The van der Waals surface area contributed by atoms with Crippen LogP contribution in [0.4, 0.5) is 18.0 Å². The predicted octanol–water partition coefficient (Wildman–Crippen LogP) is 2.73. The van der Waals surface area contributed by atoms with Gasteiger partial charge in [0.1, 0.15) is 0 Å². The summed E-state index contributed by atoms with van der Waals surface area (Å²) in [5.41, 5.74) is -0.568. The van der Waals surface area contributed by atoms with Crippen LogP contribution in [0.15, 0.2) is 11.6 Å². The number of alkyl halides is 3. The van der Waals surface area contributed by atoms with Gasteiger partial charge in [0.2, 0.25) is 0 Å². The van der Waals surface area contributed by atoms with E-state index in [4.69, 9.17) is 4.74 Å². The lowest BCUT2D eigenvalue weighted by Crippen LogP contribution is -2.38. The molecule has 92 valence electrons. The van der Waals surface area contributed by atoms with E-state index in [0.717, 1.165) is 6.08 Å². The topological polar surface area (TPSA) is 29.5 Å². The first-order valence-corrected chi connectivity index (χ1v) is 5.02. The molecule has 3 nitrogen and oxygen atoms in total. The molecule has 0 atom stereocenters. The van der Waals surface area contributed by atoms with E-state index in [2.05, 4.69) is 0 Å². The smallest absolute Gasteiger partial charge is 0.412 e. The van der Waals surface area contributed by atoms with E-state index < -0.39 is 17.8 Å². The second-order valence-electron chi connectivity index (χ2n) is 3.86. The molecule has 0 aromatic carbocycles. The van der Waals surface area contributed by atoms with Crippen molar-refractivity contribution < 1.29 is 22.7 Å². The Hall–Kier alpha value is -1.20. The Morgan fingerprint density at radius 2 is 2.12 bits per heavy atom. The number of nitrogens with zero attached hydrogens (tertiary/aromatic N) is 1. The number of carbonyl (C=O) groups excluding carboxylic acids is 1. The van der Waals surface area contributed by atoms with Crippen LogP contribution in [0.3, 0.4) is 0 Å². The summed E-state index contributed by atoms with van der Waals surface area (Å²) in [5.74, 6) is 0. The van der Waals surface area contributed by atoms with E-state index in [1.165, 1.54) is 4.90 Å². The van der Waals surface area contributed by atoms with Crippen molar-refractivity contribution in [2.75, 3.05) is 13.1 Å². The summed E-state index contributed by atoms with van der Waals surface area (Å²) in [6.07, 6.45) is -4.25. The summed E-state index contributed by atoms with van der Waals surface area (Å²) < 4.78 is 41.7. The van der Waals surface area contributed by atoms with Crippen LogP contribution in [-0.2, 0) is 4.74 Å². The van der Waals surface area contributed by atoms with Crippen molar-refractivity contribution in [3.05, 3.63) is 11.6 Å². The number of carbonyl (C=O) groups is 1. The van der Waals surface area contributed by atoms with Crippen molar-refractivity contribution in [1.29, 1.82) is 0 Å². The molecular formula is C10H14F3NO2. The van der Waals surface area contributed by atoms with Gasteiger partial charge in [0, 0.05) is 18.7 Å². The fourth-order valence-electron chi connectivity index (χ4n) is 1.37. The zero-order chi connectivity index (χ0) is 12.3. The number of hydrogen-bond acceptors (Lipinski definition) is 2. The molecule has 16 heavy (non-hydrogen) atoms. The van der Waals surface area contributed by atoms with E-state index in [0.29, 0.717) is 0 Å². The predicted molar refractivity (Wildman–Crippen MR) is 51.9 cm³/mol. The van der Waals surface area contributed by atoms with Crippen LogP contribution in [-0.4, -0.2) is 36.4 Å². The molecule has 0 N–H and O–H groups in total. The highest BCUT2D eigenvalue weighted by Gasteiger charge is 2.35. The molecular weight excluding hydrogens is 223 g/mol. The summed E-state index contributed by atoms with van der Waals surface area (Å²) in [4.78, 5) is 12.6. The van der Waals surface area contributed by atoms with Crippen molar-refractivity contribution in [2.24, 2.45) is 0 Å². The zero-order valence-electron chi connectivity index (χ0n) is 9.17. The minimum atomic E-state index is -4.28. The van der Waals surface area contributed by atoms with Gasteiger partial charge in [0.25, 0.3) is 0 Å². The number of amides is 1. The Balaban J connectivity index is 2.54. The Morgan fingerprint density at radius 1 is 1.50 bits per heavy atom. The lowest BCUT2D eigenvalue weighted by Gasteiger charge is -2.27. The van der Waals surface area contributed by atoms with E-state index in [1.807, 2.05) is 0 Å². The minimum absolute atomic E-state index is 0.0413. The molecule has 0 unspecified atom stereocenters. The molecule has 1 aliphatic rings. The standard InChI is InChI=1S/C10H14F3NO2/c1-7(2)16-9(15)14-5-3-8(4-6-14)10(11,12)13/h3,7H,4-6H2,1-2H3. The summed E-state index contributed by atoms with van der Waals surface area (Å²) in [5, 5.41) is 0. The molecule has 0 radical (unpaired) electrons. The quantitative estimate of drug-likeness (QED) is 0.656. The van der Waals surface area contributed by atoms with Crippen molar-refractivity contribution in [3.8, 4) is 0 Å². The fourth-order valence-corrected chi connectivity index (χ4v) is 1.37. The third kappa shape index (κ3) is 3.43. The van der Waals surface area contributed by atoms with Gasteiger partial charge < -0.3 is 9.64 Å². The van der Waals surface area contributed by atoms with E-state index in [9.17, 15) is 18.0 Å². The molecule has 0 fully saturated rings. The second-order valence-corrected chi connectivity index (χ2v) is 3.86. The van der Waals surface area contributed by atoms with Gasteiger partial charge in [0.05, 0.1) is 6.10 Å². The van der Waals surface area contributed by atoms with Crippen LogP contribution < -0.4 is 0 Å². The molecule has 0 aromatic heterocycles. The third-order valence-corrected chi connectivity index (χ3v) is 2.17. The first-order valence-electron chi connectivity index (χ1n) is 5.02. The molecule has 1 rings (SSSR count). The SMILES string of the molecule is CC(C)OC(=O)N1CC=C(C(F)(F)F)CC1. The summed E-state index contributed by atoms with van der Waals surface area (Å²) in [7, 11) is 0. The van der Waals surface area contributed by atoms with Gasteiger partial charge in [-0.1, -0.05) is 6.08 Å². The van der Waals surface area contributed by atoms with Crippen LogP contribution in [0.25, 0.3) is 0 Å². The lowest BCUT2D eigenvalue weighted by molar-refractivity contribution is -0.0959. The van der Waals surface area contributed by atoms with Crippen LogP contribution >= 0.6 is 0 Å². The third-order valence-electron chi connectivity index (χ3n) is 2.17. The summed E-state index contributed by atoms with van der Waals surface area (Å²) >= 11 is 0. The Morgan fingerprint density at radius 3 is 2.50 bits per heavy atom. The van der Waals surface area contributed by atoms with Crippen molar-refractivity contribution in [3.63, 3.8) is 0 Å². The van der Waals surface area contributed by atoms with E-state index in [1.54, 1.807) is 13.8 Å². The largest absolute Gasteiger partial charge is 0.447 e. The van der Waals surface area contributed by atoms with Crippen molar-refractivity contribution in [1.82, 2.24) is 4.90 Å². The van der Waals surface area contributed by atoms with Crippen molar-refractivity contribution in [2.45, 2.75) is 32.5 Å². The highest BCUT2D eigenvalue weighted by atomic mass is 19.4. The normalized spacial score (nSPS) is 17.4. The minimum Gasteiger partial charge on any atom is -0.447 e. The molecule has 0 saturated carbocycles. The van der Waals surface area contributed by atoms with E-state index >= 15 is 0 Å². The van der Waals surface area contributed by atoms with Crippen LogP contribution in [0.2, 0.25) is 0 Å². The molecule has 0 aliphatic carbocycles. The molecule has 1 heterocycles. The molecule has 1 aliphatic heterocycles. The summed E-state index contributed by atoms with van der Waals surface area (Å²) in [6, 6.07) is 0. The molecule has 0 aromatic rings. The van der Waals surface area contributed by atoms with Crippen LogP contribution in [0.1, 0.15) is 20.3 Å². The zero-order valence-corrected chi connectivity index (χ0v) is 9.17. The first kappa shape index (κ1) is 12.9. The maximum Gasteiger partial charge on any atom is 0.412 e. The van der Waals surface area contributed by atoms with Gasteiger partial charge in [-0.05, 0) is 20.3 Å². The average molecular weight is 237 g/mol. The highest BCUT2D eigenvalue weighted by Crippen LogP contribution is 2.30. The number of hydrogen-bond donors (Lipinski definition) is 0. The first-order chi connectivity index (χ1) is 7.30. The number of ether oxygens (including phenoxy) is 1. The maximum atomic E-state index is 12.3. The van der Waals surface area contributed by atoms with Crippen molar-refractivity contribution >= 4 is 6.09 Å². The van der Waals surface area contributed by atoms with Gasteiger partial charge in [-0.2, -0.15) is 13.2 Å². The average Bonchev–Trinajstić information content (AvgIpc) is 2.15.